The lowest BCUT2D eigenvalue weighted by Crippen LogP contribution is -2.25. The second-order valence-electron chi connectivity index (χ2n) is 6.44. The molecule has 4 aromatic rings. The second-order valence-corrected chi connectivity index (χ2v) is 7.97. The molecule has 0 aliphatic carbocycles. The summed E-state index contributed by atoms with van der Waals surface area (Å²) in [5.74, 6) is -0.893. The summed E-state index contributed by atoms with van der Waals surface area (Å²) in [4.78, 5) is 13.0. The van der Waals surface area contributed by atoms with Crippen molar-refractivity contribution in [1.82, 2.24) is 15.0 Å². The zero-order valence-corrected chi connectivity index (χ0v) is 16.7. The van der Waals surface area contributed by atoms with Crippen LogP contribution in [0.15, 0.2) is 88.9 Å². The van der Waals surface area contributed by atoms with Crippen molar-refractivity contribution in [1.29, 1.82) is 0 Å². The van der Waals surface area contributed by atoms with Crippen molar-refractivity contribution in [3.63, 3.8) is 0 Å². The van der Waals surface area contributed by atoms with Gasteiger partial charge in [0.25, 0.3) is 0 Å². The number of para-hydroxylation sites is 1. The number of aryl methyl sites for hydroxylation is 1. The molecule has 0 atom stereocenters. The molecule has 9 heteroatoms. The molecule has 0 unspecified atom stereocenters. The number of carbonyl (C=O) groups excluding carboxylic acids is 1. The minimum absolute atomic E-state index is 0.0770. The van der Waals surface area contributed by atoms with E-state index in [4.69, 9.17) is 4.28 Å². The van der Waals surface area contributed by atoms with Gasteiger partial charge in [0.1, 0.15) is 10.4 Å². The average molecular weight is 420 g/mol. The molecule has 30 heavy (non-hydrogen) atoms. The van der Waals surface area contributed by atoms with E-state index in [-0.39, 0.29) is 10.7 Å². The van der Waals surface area contributed by atoms with Crippen LogP contribution in [0.1, 0.15) is 15.9 Å². The number of rotatable bonds is 5. The summed E-state index contributed by atoms with van der Waals surface area (Å²) >= 11 is 0. The third-order valence-electron chi connectivity index (χ3n) is 4.32. The predicted octanol–water partition coefficient (Wildman–Crippen LogP) is 3.19. The maximum Gasteiger partial charge on any atom is 0.358 e. The first-order chi connectivity index (χ1) is 14.5. The molecule has 1 heterocycles. The van der Waals surface area contributed by atoms with Gasteiger partial charge in [0, 0.05) is 5.56 Å². The fourth-order valence-corrected chi connectivity index (χ4v) is 3.48. The van der Waals surface area contributed by atoms with E-state index in [1.165, 1.54) is 12.1 Å². The van der Waals surface area contributed by atoms with Crippen LogP contribution < -0.4 is 0 Å². The molecular formula is C21H16N4O4S. The summed E-state index contributed by atoms with van der Waals surface area (Å²) in [5.41, 5.74) is 2.20. The number of ketones is 1. The highest BCUT2D eigenvalue weighted by molar-refractivity contribution is 7.86. The molecule has 0 radical (unpaired) electrons. The fraction of sp³-hybridized carbons (Fsp3) is 0.0476. The van der Waals surface area contributed by atoms with E-state index < -0.39 is 15.9 Å². The van der Waals surface area contributed by atoms with Gasteiger partial charge in [-0.2, -0.15) is 13.1 Å². The van der Waals surface area contributed by atoms with Crippen LogP contribution >= 0.6 is 0 Å². The Morgan fingerprint density at radius 3 is 2.33 bits per heavy atom. The Kier molecular flexibility index (Phi) is 5.11. The van der Waals surface area contributed by atoms with Gasteiger partial charge in [0.05, 0.1) is 5.52 Å². The monoisotopic (exact) mass is 420 g/mol. The number of carbonyl (C=O) groups is 1. The Morgan fingerprint density at radius 2 is 1.60 bits per heavy atom. The van der Waals surface area contributed by atoms with Crippen LogP contribution in [0, 0.1) is 6.92 Å². The molecule has 0 amide bonds. The first-order valence-corrected chi connectivity index (χ1v) is 10.4. The summed E-state index contributed by atoms with van der Waals surface area (Å²) in [7, 11) is -4.23. The smallest absolute Gasteiger partial charge is 0.285 e. The predicted molar refractivity (Wildman–Crippen MR) is 111 cm³/mol. The number of hydrogen-bond acceptors (Lipinski definition) is 7. The van der Waals surface area contributed by atoms with Gasteiger partial charge < -0.3 is 0 Å². The Morgan fingerprint density at radius 1 is 0.933 bits per heavy atom. The van der Waals surface area contributed by atoms with Gasteiger partial charge in [-0.25, -0.2) is 0 Å². The van der Waals surface area contributed by atoms with Crippen LogP contribution in [0.4, 0.5) is 0 Å². The summed E-state index contributed by atoms with van der Waals surface area (Å²) in [6.45, 7) is 1.84. The van der Waals surface area contributed by atoms with Crippen molar-refractivity contribution in [3.05, 3.63) is 90.0 Å². The van der Waals surface area contributed by atoms with Gasteiger partial charge in [-0.1, -0.05) is 65.4 Å². The maximum atomic E-state index is 13.1. The lowest BCUT2D eigenvalue weighted by molar-refractivity contribution is 0.105. The molecular weight excluding hydrogens is 404 g/mol. The number of Topliss-reactive ketones (excluding diaryl/α,β-unsaturated/α-hetero) is 1. The van der Waals surface area contributed by atoms with Crippen LogP contribution in [0.3, 0.4) is 0 Å². The number of fused-ring (bicyclic) bond motifs is 1. The van der Waals surface area contributed by atoms with E-state index in [1.807, 2.05) is 6.92 Å². The molecule has 0 bridgehead atoms. The number of hydrogen-bond donors (Lipinski definition) is 0. The van der Waals surface area contributed by atoms with Crippen LogP contribution in [0.25, 0.3) is 11.0 Å². The SMILES string of the molecule is Cc1ccc(S(=O)(=O)O/N=C(/C(=O)c2ccccc2)n2nnc3ccccc32)cc1. The molecule has 8 nitrogen and oxygen atoms in total. The number of aromatic nitrogens is 3. The quantitative estimate of drug-likeness (QED) is 0.213. The minimum Gasteiger partial charge on any atom is -0.285 e. The Balaban J connectivity index is 1.79. The average Bonchev–Trinajstić information content (AvgIpc) is 3.19. The molecule has 0 N–H and O–H groups in total. The highest BCUT2D eigenvalue weighted by Gasteiger charge is 2.23. The molecule has 0 aliphatic rings. The molecule has 1 aromatic heterocycles. The van der Waals surface area contributed by atoms with Crippen molar-refractivity contribution >= 4 is 32.8 Å². The van der Waals surface area contributed by atoms with Crippen LogP contribution in [-0.4, -0.2) is 35.0 Å². The third kappa shape index (κ3) is 3.83. The lowest BCUT2D eigenvalue weighted by atomic mass is 10.1. The minimum atomic E-state index is -4.23. The molecule has 0 saturated carbocycles. The molecule has 150 valence electrons. The second kappa shape index (κ2) is 7.88. The molecule has 0 saturated heterocycles. The normalized spacial score (nSPS) is 12.1. The van der Waals surface area contributed by atoms with E-state index >= 15 is 0 Å². The van der Waals surface area contributed by atoms with Gasteiger partial charge in [0.15, 0.2) is 0 Å². The standard InChI is InChI=1S/C21H16N4O4S/c1-15-11-13-17(14-12-15)30(27,28)29-23-21(20(26)16-7-3-2-4-8-16)25-19-10-6-5-9-18(19)22-24-25/h2-14H,1H3/b23-21-. The van der Waals surface area contributed by atoms with E-state index in [0.29, 0.717) is 16.6 Å². The Hall–Kier alpha value is -3.85. The highest BCUT2D eigenvalue weighted by Crippen LogP contribution is 2.16. The summed E-state index contributed by atoms with van der Waals surface area (Å²) in [5, 5.41) is 11.7. The molecule has 4 rings (SSSR count). The molecule has 0 aliphatic heterocycles. The molecule has 0 fully saturated rings. The van der Waals surface area contributed by atoms with Crippen molar-refractivity contribution in [2.75, 3.05) is 0 Å². The van der Waals surface area contributed by atoms with Crippen molar-refractivity contribution in [2.45, 2.75) is 11.8 Å². The Labute approximate surface area is 172 Å². The lowest BCUT2D eigenvalue weighted by Gasteiger charge is -2.07. The maximum absolute atomic E-state index is 13.1. The molecule has 0 spiro atoms. The number of nitrogens with zero attached hydrogens (tertiary/aromatic N) is 4. The van der Waals surface area contributed by atoms with Crippen LogP contribution in [0.2, 0.25) is 0 Å². The first kappa shape index (κ1) is 19.5. The largest absolute Gasteiger partial charge is 0.358 e. The van der Waals surface area contributed by atoms with Crippen LogP contribution in [-0.2, 0) is 14.4 Å². The first-order valence-electron chi connectivity index (χ1n) is 8.94. The van der Waals surface area contributed by atoms with Gasteiger partial charge in [0.2, 0.25) is 11.6 Å². The van der Waals surface area contributed by atoms with Crippen molar-refractivity contribution in [2.24, 2.45) is 5.16 Å². The van der Waals surface area contributed by atoms with E-state index in [1.54, 1.807) is 66.7 Å². The third-order valence-corrected chi connectivity index (χ3v) is 5.44. The van der Waals surface area contributed by atoms with Crippen molar-refractivity contribution in [3.8, 4) is 0 Å². The fourth-order valence-electron chi connectivity index (χ4n) is 2.75. The van der Waals surface area contributed by atoms with Crippen LogP contribution in [0.5, 0.6) is 0 Å². The van der Waals surface area contributed by atoms with Gasteiger partial charge >= 0.3 is 10.1 Å². The zero-order chi connectivity index (χ0) is 21.1. The summed E-state index contributed by atoms with van der Waals surface area (Å²) in [6, 6.07) is 21.3. The van der Waals surface area contributed by atoms with Crippen molar-refractivity contribution < 1.29 is 17.5 Å². The van der Waals surface area contributed by atoms with Gasteiger partial charge in [-0.05, 0) is 36.3 Å². The van der Waals surface area contributed by atoms with E-state index in [9.17, 15) is 13.2 Å². The van der Waals surface area contributed by atoms with Gasteiger partial charge in [-0.3, -0.25) is 9.08 Å². The number of benzene rings is 3. The Bertz CT molecular complexity index is 1340. The van der Waals surface area contributed by atoms with E-state index in [2.05, 4.69) is 15.5 Å². The summed E-state index contributed by atoms with van der Waals surface area (Å²) in [6.07, 6.45) is 0. The molecule has 3 aromatic carbocycles. The summed E-state index contributed by atoms with van der Waals surface area (Å²) < 4.78 is 31.2. The topological polar surface area (TPSA) is 104 Å². The number of oxime groups is 1. The highest BCUT2D eigenvalue weighted by atomic mass is 32.2. The van der Waals surface area contributed by atoms with E-state index in [0.717, 1.165) is 10.2 Å². The van der Waals surface area contributed by atoms with Gasteiger partial charge in [-0.15, -0.1) is 5.10 Å². The zero-order valence-electron chi connectivity index (χ0n) is 15.8.